The molecule has 0 saturated carbocycles. The van der Waals surface area contributed by atoms with Crippen molar-refractivity contribution in [2.24, 2.45) is 0 Å². The number of furan rings is 1. The maximum Gasteiger partial charge on any atom is 0.289 e. The Bertz CT molecular complexity index is 725. The van der Waals surface area contributed by atoms with Crippen molar-refractivity contribution < 1.29 is 14.0 Å². The molecule has 132 valence electrons. The Hall–Kier alpha value is -1.73. The van der Waals surface area contributed by atoms with Crippen LogP contribution in [0.5, 0.6) is 0 Å². The molecule has 1 saturated heterocycles. The molecule has 25 heavy (non-hydrogen) atoms. The van der Waals surface area contributed by atoms with E-state index in [0.717, 1.165) is 9.37 Å². The van der Waals surface area contributed by atoms with E-state index in [1.807, 2.05) is 36.1 Å². The third-order valence-corrected chi connectivity index (χ3v) is 5.71. The molecule has 1 aliphatic heterocycles. The molecule has 2 aromatic rings. The molecule has 1 aromatic carbocycles. The third-order valence-electron chi connectivity index (χ3n) is 4.08. The standard InChI is InChI=1S/C18H19BrN2O3S/c1-13(25-15-6-4-14(19)5-7-15)17(22)20-8-10-21(11-9-20)18(23)16-3-2-12-24-16/h2-7,12-13H,8-11H2,1H3. The minimum absolute atomic E-state index is 0.109. The summed E-state index contributed by atoms with van der Waals surface area (Å²) in [5.41, 5.74) is 0. The average molecular weight is 423 g/mol. The first kappa shape index (κ1) is 18.1. The summed E-state index contributed by atoms with van der Waals surface area (Å²) in [5.74, 6) is 0.339. The van der Waals surface area contributed by atoms with Gasteiger partial charge in [0, 0.05) is 35.5 Å². The first-order valence-electron chi connectivity index (χ1n) is 8.08. The van der Waals surface area contributed by atoms with Gasteiger partial charge >= 0.3 is 0 Å². The van der Waals surface area contributed by atoms with Gasteiger partial charge in [-0.3, -0.25) is 9.59 Å². The number of hydrogen-bond acceptors (Lipinski definition) is 4. The highest BCUT2D eigenvalue weighted by atomic mass is 79.9. The zero-order valence-corrected chi connectivity index (χ0v) is 16.3. The van der Waals surface area contributed by atoms with Crippen LogP contribution in [-0.2, 0) is 4.79 Å². The van der Waals surface area contributed by atoms with E-state index in [4.69, 9.17) is 4.42 Å². The van der Waals surface area contributed by atoms with Gasteiger partial charge in [-0.1, -0.05) is 15.9 Å². The lowest BCUT2D eigenvalue weighted by atomic mass is 10.2. The summed E-state index contributed by atoms with van der Waals surface area (Å²) in [5, 5.41) is -0.159. The summed E-state index contributed by atoms with van der Waals surface area (Å²) in [6, 6.07) is 11.3. The van der Waals surface area contributed by atoms with Crippen molar-refractivity contribution >= 4 is 39.5 Å². The molecule has 1 fully saturated rings. The molecule has 0 radical (unpaired) electrons. The van der Waals surface area contributed by atoms with Gasteiger partial charge in [-0.2, -0.15) is 0 Å². The highest BCUT2D eigenvalue weighted by Gasteiger charge is 2.28. The quantitative estimate of drug-likeness (QED) is 0.707. The van der Waals surface area contributed by atoms with Gasteiger partial charge in [-0.25, -0.2) is 0 Å². The zero-order valence-electron chi connectivity index (χ0n) is 13.9. The van der Waals surface area contributed by atoms with Gasteiger partial charge in [0.1, 0.15) is 0 Å². The van der Waals surface area contributed by atoms with Crippen molar-refractivity contribution in [3.63, 3.8) is 0 Å². The lowest BCUT2D eigenvalue weighted by Crippen LogP contribution is -2.52. The average Bonchev–Trinajstić information content (AvgIpc) is 3.17. The third kappa shape index (κ3) is 4.46. The predicted molar refractivity (Wildman–Crippen MR) is 101 cm³/mol. The molecule has 1 atom stereocenters. The lowest BCUT2D eigenvalue weighted by Gasteiger charge is -2.35. The molecule has 7 heteroatoms. The van der Waals surface area contributed by atoms with Gasteiger partial charge < -0.3 is 14.2 Å². The fourth-order valence-electron chi connectivity index (χ4n) is 2.71. The van der Waals surface area contributed by atoms with E-state index >= 15 is 0 Å². The van der Waals surface area contributed by atoms with Crippen molar-refractivity contribution in [1.29, 1.82) is 0 Å². The number of benzene rings is 1. The van der Waals surface area contributed by atoms with Crippen LogP contribution in [0.2, 0.25) is 0 Å². The largest absolute Gasteiger partial charge is 0.459 e. The summed E-state index contributed by atoms with van der Waals surface area (Å²) in [6.07, 6.45) is 1.49. The maximum absolute atomic E-state index is 12.6. The molecule has 2 amide bonds. The number of halogens is 1. The second kappa shape index (κ2) is 8.10. The van der Waals surface area contributed by atoms with E-state index in [9.17, 15) is 9.59 Å². The fraction of sp³-hybridized carbons (Fsp3) is 0.333. The normalized spacial score (nSPS) is 15.9. The van der Waals surface area contributed by atoms with Crippen LogP contribution in [0, 0.1) is 0 Å². The monoisotopic (exact) mass is 422 g/mol. The van der Waals surface area contributed by atoms with Crippen LogP contribution in [0.4, 0.5) is 0 Å². The van der Waals surface area contributed by atoms with Gasteiger partial charge in [0.2, 0.25) is 5.91 Å². The lowest BCUT2D eigenvalue weighted by molar-refractivity contribution is -0.131. The van der Waals surface area contributed by atoms with E-state index in [-0.39, 0.29) is 17.1 Å². The minimum Gasteiger partial charge on any atom is -0.459 e. The Morgan fingerprint density at radius 3 is 2.32 bits per heavy atom. The van der Waals surface area contributed by atoms with Crippen LogP contribution in [0.15, 0.2) is 56.4 Å². The van der Waals surface area contributed by atoms with Gasteiger partial charge in [-0.15, -0.1) is 11.8 Å². The van der Waals surface area contributed by atoms with E-state index in [1.165, 1.54) is 6.26 Å². The highest BCUT2D eigenvalue weighted by molar-refractivity contribution is 9.10. The molecule has 2 heterocycles. The van der Waals surface area contributed by atoms with Crippen LogP contribution in [0.25, 0.3) is 0 Å². The smallest absolute Gasteiger partial charge is 0.289 e. The second-order valence-corrected chi connectivity index (χ2v) is 8.14. The van der Waals surface area contributed by atoms with E-state index in [1.54, 1.807) is 28.8 Å². The summed E-state index contributed by atoms with van der Waals surface area (Å²) >= 11 is 4.96. The van der Waals surface area contributed by atoms with Crippen molar-refractivity contribution in [3.05, 3.63) is 52.9 Å². The number of carbonyl (C=O) groups excluding carboxylic acids is 2. The molecule has 0 spiro atoms. The number of amides is 2. The summed E-state index contributed by atoms with van der Waals surface area (Å²) < 4.78 is 6.18. The van der Waals surface area contributed by atoms with Crippen LogP contribution in [-0.4, -0.2) is 53.0 Å². The van der Waals surface area contributed by atoms with Crippen LogP contribution >= 0.6 is 27.7 Å². The molecular weight excluding hydrogens is 404 g/mol. The van der Waals surface area contributed by atoms with E-state index in [2.05, 4.69) is 15.9 Å². The van der Waals surface area contributed by atoms with Gasteiger partial charge in [0.25, 0.3) is 5.91 Å². The van der Waals surface area contributed by atoms with Gasteiger partial charge in [0.15, 0.2) is 5.76 Å². The van der Waals surface area contributed by atoms with Crippen molar-refractivity contribution in [1.82, 2.24) is 9.80 Å². The van der Waals surface area contributed by atoms with Crippen molar-refractivity contribution in [2.75, 3.05) is 26.2 Å². The first-order chi connectivity index (χ1) is 12.0. The topological polar surface area (TPSA) is 53.8 Å². The van der Waals surface area contributed by atoms with Crippen molar-refractivity contribution in [3.8, 4) is 0 Å². The van der Waals surface area contributed by atoms with E-state index in [0.29, 0.717) is 31.9 Å². The molecule has 3 rings (SSSR count). The second-order valence-electron chi connectivity index (χ2n) is 5.81. The van der Waals surface area contributed by atoms with Crippen LogP contribution < -0.4 is 0 Å². The number of nitrogens with zero attached hydrogens (tertiary/aromatic N) is 2. The SMILES string of the molecule is CC(Sc1ccc(Br)cc1)C(=O)N1CCN(C(=O)c2ccco2)CC1. The Kier molecular flexibility index (Phi) is 5.86. The molecule has 0 bridgehead atoms. The molecule has 5 nitrogen and oxygen atoms in total. The van der Waals surface area contributed by atoms with Crippen LogP contribution in [0.1, 0.15) is 17.5 Å². The highest BCUT2D eigenvalue weighted by Crippen LogP contribution is 2.26. The summed E-state index contributed by atoms with van der Waals surface area (Å²) in [6.45, 7) is 4.09. The van der Waals surface area contributed by atoms with E-state index < -0.39 is 0 Å². The number of thioether (sulfide) groups is 1. The number of piperazine rings is 1. The predicted octanol–water partition coefficient (Wildman–Crippen LogP) is 3.51. The Morgan fingerprint density at radius 1 is 1.08 bits per heavy atom. The van der Waals surface area contributed by atoms with Crippen molar-refractivity contribution in [2.45, 2.75) is 17.1 Å². The molecule has 0 N–H and O–H groups in total. The zero-order chi connectivity index (χ0) is 17.8. The maximum atomic E-state index is 12.6. The fourth-order valence-corrected chi connectivity index (χ4v) is 3.93. The Balaban J connectivity index is 1.52. The molecular formula is C18H19BrN2O3S. The number of carbonyl (C=O) groups is 2. The Morgan fingerprint density at radius 2 is 1.72 bits per heavy atom. The molecule has 1 unspecified atom stereocenters. The molecule has 0 aliphatic carbocycles. The Labute approximate surface area is 159 Å². The number of hydrogen-bond donors (Lipinski definition) is 0. The molecule has 1 aromatic heterocycles. The minimum atomic E-state index is -0.159. The number of rotatable bonds is 4. The first-order valence-corrected chi connectivity index (χ1v) is 9.75. The van der Waals surface area contributed by atoms with Gasteiger partial charge in [-0.05, 0) is 43.3 Å². The molecule has 1 aliphatic rings. The van der Waals surface area contributed by atoms with Crippen LogP contribution in [0.3, 0.4) is 0 Å². The van der Waals surface area contributed by atoms with Gasteiger partial charge in [0.05, 0.1) is 11.5 Å². The summed E-state index contributed by atoms with van der Waals surface area (Å²) in [7, 11) is 0. The summed E-state index contributed by atoms with van der Waals surface area (Å²) in [4.78, 5) is 29.5.